The van der Waals surface area contributed by atoms with Gasteiger partial charge in [0, 0.05) is 31.9 Å². The Bertz CT molecular complexity index is 1070. The Morgan fingerprint density at radius 3 is 2.45 bits per heavy atom. The van der Waals surface area contributed by atoms with E-state index in [0.717, 1.165) is 18.2 Å². The SMILES string of the molecule is CC(C)(C)OC(=O)N1CCCN(c2ccc(S(=O)(=O)c3cccc(F)c3)c(N)c2)CC1. The summed E-state index contributed by atoms with van der Waals surface area (Å²) in [4.78, 5) is 15.9. The van der Waals surface area contributed by atoms with E-state index < -0.39 is 21.3 Å². The number of nitrogen functional groups attached to an aromatic ring is 1. The number of sulfone groups is 1. The number of rotatable bonds is 3. The minimum atomic E-state index is -3.94. The van der Waals surface area contributed by atoms with Gasteiger partial charge in [-0.3, -0.25) is 0 Å². The lowest BCUT2D eigenvalue weighted by atomic mass is 10.2. The summed E-state index contributed by atoms with van der Waals surface area (Å²) in [6.45, 7) is 7.81. The van der Waals surface area contributed by atoms with Gasteiger partial charge in [0.1, 0.15) is 11.4 Å². The van der Waals surface area contributed by atoms with Gasteiger partial charge in [-0.1, -0.05) is 6.07 Å². The first-order chi connectivity index (χ1) is 14.5. The van der Waals surface area contributed by atoms with Crippen molar-refractivity contribution in [1.29, 1.82) is 0 Å². The molecule has 2 aromatic rings. The molecule has 0 bridgehead atoms. The number of ether oxygens (including phenoxy) is 1. The molecular weight excluding hydrogens is 421 g/mol. The van der Waals surface area contributed by atoms with Gasteiger partial charge in [-0.05, 0) is 63.6 Å². The summed E-state index contributed by atoms with van der Waals surface area (Å²) in [6, 6.07) is 9.59. The van der Waals surface area contributed by atoms with E-state index in [9.17, 15) is 17.6 Å². The van der Waals surface area contributed by atoms with Crippen molar-refractivity contribution in [1.82, 2.24) is 4.90 Å². The van der Waals surface area contributed by atoms with Crippen LogP contribution in [0.1, 0.15) is 27.2 Å². The highest BCUT2D eigenvalue weighted by atomic mass is 32.2. The van der Waals surface area contributed by atoms with Crippen molar-refractivity contribution in [3.63, 3.8) is 0 Å². The number of hydrogen-bond donors (Lipinski definition) is 1. The molecule has 1 saturated heterocycles. The lowest BCUT2D eigenvalue weighted by Gasteiger charge is -2.27. The molecule has 0 spiro atoms. The van der Waals surface area contributed by atoms with Crippen LogP contribution in [0.15, 0.2) is 52.3 Å². The second-order valence-electron chi connectivity index (χ2n) is 8.49. The fourth-order valence-electron chi connectivity index (χ4n) is 3.42. The van der Waals surface area contributed by atoms with Crippen molar-refractivity contribution >= 4 is 27.3 Å². The quantitative estimate of drug-likeness (QED) is 0.719. The zero-order valence-corrected chi connectivity index (χ0v) is 18.8. The third kappa shape index (κ3) is 5.46. The summed E-state index contributed by atoms with van der Waals surface area (Å²) in [7, 11) is -3.94. The molecule has 1 heterocycles. The molecule has 1 amide bonds. The molecule has 0 atom stereocenters. The first kappa shape index (κ1) is 22.9. The molecule has 9 heteroatoms. The molecular formula is C22H28FN3O4S. The summed E-state index contributed by atoms with van der Waals surface area (Å²) in [6.07, 6.45) is 0.396. The standard InChI is InChI=1S/C22H28FN3O4S/c1-22(2,3)30-21(27)26-11-5-10-25(12-13-26)17-8-9-20(19(24)15-17)31(28,29)18-7-4-6-16(23)14-18/h4,6-9,14-15H,5,10-13,24H2,1-3H3. The van der Waals surface area contributed by atoms with Crippen LogP contribution in [-0.2, 0) is 14.6 Å². The largest absolute Gasteiger partial charge is 0.444 e. The van der Waals surface area contributed by atoms with E-state index in [1.54, 1.807) is 17.0 Å². The number of hydrogen-bond acceptors (Lipinski definition) is 6. The average molecular weight is 450 g/mol. The predicted molar refractivity (Wildman–Crippen MR) is 117 cm³/mol. The average Bonchev–Trinajstić information content (AvgIpc) is 2.93. The van der Waals surface area contributed by atoms with Gasteiger partial charge in [-0.15, -0.1) is 0 Å². The lowest BCUT2D eigenvalue weighted by molar-refractivity contribution is 0.0263. The van der Waals surface area contributed by atoms with Crippen LogP contribution in [0.25, 0.3) is 0 Å². The molecule has 31 heavy (non-hydrogen) atoms. The Hall–Kier alpha value is -2.81. The molecule has 0 radical (unpaired) electrons. The molecule has 0 aliphatic carbocycles. The van der Waals surface area contributed by atoms with Crippen molar-refractivity contribution in [2.75, 3.05) is 36.8 Å². The highest BCUT2D eigenvalue weighted by molar-refractivity contribution is 7.91. The number of carbonyl (C=O) groups excluding carboxylic acids is 1. The molecule has 1 aliphatic rings. The second kappa shape index (κ2) is 8.74. The van der Waals surface area contributed by atoms with Crippen molar-refractivity contribution < 1.29 is 22.3 Å². The number of amides is 1. The number of nitrogens with two attached hydrogens (primary N) is 1. The van der Waals surface area contributed by atoms with Crippen LogP contribution in [0.4, 0.5) is 20.6 Å². The Labute approximate surface area is 182 Å². The molecule has 0 saturated carbocycles. The van der Waals surface area contributed by atoms with E-state index in [2.05, 4.69) is 4.90 Å². The number of carbonyl (C=O) groups is 1. The van der Waals surface area contributed by atoms with Gasteiger partial charge in [0.05, 0.1) is 15.5 Å². The van der Waals surface area contributed by atoms with E-state index in [1.165, 1.54) is 24.3 Å². The molecule has 7 nitrogen and oxygen atoms in total. The molecule has 1 fully saturated rings. The first-order valence-electron chi connectivity index (χ1n) is 10.1. The van der Waals surface area contributed by atoms with E-state index in [-0.39, 0.29) is 21.6 Å². The minimum Gasteiger partial charge on any atom is -0.444 e. The maximum atomic E-state index is 13.5. The topological polar surface area (TPSA) is 92.9 Å². The van der Waals surface area contributed by atoms with Crippen molar-refractivity contribution in [3.05, 3.63) is 48.3 Å². The number of nitrogens with zero attached hydrogens (tertiary/aromatic N) is 2. The van der Waals surface area contributed by atoms with Gasteiger partial charge >= 0.3 is 6.09 Å². The van der Waals surface area contributed by atoms with Crippen LogP contribution in [0.5, 0.6) is 0 Å². The van der Waals surface area contributed by atoms with Crippen LogP contribution in [0.2, 0.25) is 0 Å². The summed E-state index contributed by atoms with van der Waals surface area (Å²) < 4.78 is 44.7. The Balaban J connectivity index is 1.76. The van der Waals surface area contributed by atoms with Gasteiger partial charge in [0.25, 0.3) is 0 Å². The van der Waals surface area contributed by atoms with E-state index in [4.69, 9.17) is 10.5 Å². The van der Waals surface area contributed by atoms with E-state index in [0.29, 0.717) is 26.2 Å². The molecule has 1 aliphatic heterocycles. The van der Waals surface area contributed by atoms with Gasteiger partial charge in [0.2, 0.25) is 9.84 Å². The fourth-order valence-corrected chi connectivity index (χ4v) is 4.82. The Morgan fingerprint density at radius 2 is 1.81 bits per heavy atom. The first-order valence-corrected chi connectivity index (χ1v) is 11.6. The zero-order chi connectivity index (χ0) is 22.8. The van der Waals surface area contributed by atoms with Gasteiger partial charge in [-0.25, -0.2) is 17.6 Å². The van der Waals surface area contributed by atoms with Crippen molar-refractivity contribution in [3.8, 4) is 0 Å². The van der Waals surface area contributed by atoms with Gasteiger partial charge in [0.15, 0.2) is 0 Å². The summed E-state index contributed by atoms with van der Waals surface area (Å²) in [5.41, 5.74) is 6.39. The molecule has 3 rings (SSSR count). The predicted octanol–water partition coefficient (Wildman–Crippen LogP) is 3.69. The van der Waals surface area contributed by atoms with Crippen molar-refractivity contribution in [2.45, 2.75) is 42.6 Å². The van der Waals surface area contributed by atoms with Crippen LogP contribution in [0, 0.1) is 5.82 Å². The number of benzene rings is 2. The monoisotopic (exact) mass is 449 g/mol. The number of halogens is 1. The third-order valence-electron chi connectivity index (χ3n) is 4.90. The fraction of sp³-hybridized carbons (Fsp3) is 0.409. The summed E-state index contributed by atoms with van der Waals surface area (Å²) >= 11 is 0. The molecule has 2 N–H and O–H groups in total. The highest BCUT2D eigenvalue weighted by Crippen LogP contribution is 2.30. The molecule has 0 unspecified atom stereocenters. The van der Waals surface area contributed by atoms with E-state index in [1.807, 2.05) is 20.8 Å². The van der Waals surface area contributed by atoms with Gasteiger partial charge in [-0.2, -0.15) is 0 Å². The second-order valence-corrected chi connectivity index (χ2v) is 10.4. The molecule has 2 aromatic carbocycles. The normalized spacial score (nSPS) is 15.5. The smallest absolute Gasteiger partial charge is 0.410 e. The maximum Gasteiger partial charge on any atom is 0.410 e. The van der Waals surface area contributed by atoms with Crippen LogP contribution in [-0.4, -0.2) is 51.2 Å². The molecule has 0 aromatic heterocycles. The lowest BCUT2D eigenvalue weighted by Crippen LogP contribution is -2.39. The maximum absolute atomic E-state index is 13.5. The van der Waals surface area contributed by atoms with Crippen LogP contribution < -0.4 is 10.6 Å². The van der Waals surface area contributed by atoms with Gasteiger partial charge < -0.3 is 20.3 Å². The zero-order valence-electron chi connectivity index (χ0n) is 18.0. The Morgan fingerprint density at radius 1 is 1.06 bits per heavy atom. The van der Waals surface area contributed by atoms with Crippen molar-refractivity contribution in [2.24, 2.45) is 0 Å². The van der Waals surface area contributed by atoms with Crippen LogP contribution in [0.3, 0.4) is 0 Å². The molecule has 168 valence electrons. The van der Waals surface area contributed by atoms with E-state index >= 15 is 0 Å². The number of anilines is 2. The summed E-state index contributed by atoms with van der Waals surface area (Å²) in [5, 5.41) is 0. The minimum absolute atomic E-state index is 0.0629. The third-order valence-corrected chi connectivity index (χ3v) is 6.73. The Kier molecular flexibility index (Phi) is 6.45. The summed E-state index contributed by atoms with van der Waals surface area (Å²) in [5.74, 6) is -0.629. The highest BCUT2D eigenvalue weighted by Gasteiger charge is 2.26. The van der Waals surface area contributed by atoms with Crippen LogP contribution >= 0.6 is 0 Å².